The summed E-state index contributed by atoms with van der Waals surface area (Å²) in [5.41, 5.74) is 4.90. The monoisotopic (exact) mass is 322 g/mol. The molecule has 1 saturated heterocycles. The Kier molecular flexibility index (Phi) is 4.22. The van der Waals surface area contributed by atoms with Gasteiger partial charge < -0.3 is 15.4 Å². The lowest BCUT2D eigenvalue weighted by atomic mass is 9.92. The van der Waals surface area contributed by atoms with E-state index in [9.17, 15) is 4.79 Å². The van der Waals surface area contributed by atoms with E-state index in [0.29, 0.717) is 25.7 Å². The van der Waals surface area contributed by atoms with E-state index in [1.807, 2.05) is 6.07 Å². The molecule has 4 nitrogen and oxygen atoms in total. The summed E-state index contributed by atoms with van der Waals surface area (Å²) in [5, 5.41) is 6.62. The van der Waals surface area contributed by atoms with Gasteiger partial charge in [0.15, 0.2) is 0 Å². The van der Waals surface area contributed by atoms with Crippen LogP contribution in [0.25, 0.3) is 0 Å². The maximum absolute atomic E-state index is 12.0. The van der Waals surface area contributed by atoms with Crippen molar-refractivity contribution < 1.29 is 9.53 Å². The maximum Gasteiger partial charge on any atom is 0.224 e. The van der Waals surface area contributed by atoms with Gasteiger partial charge in [-0.05, 0) is 35.6 Å². The quantitative estimate of drug-likeness (QED) is 0.910. The minimum Gasteiger partial charge on any atom is -0.378 e. The van der Waals surface area contributed by atoms with Crippen molar-refractivity contribution >= 4 is 11.6 Å². The van der Waals surface area contributed by atoms with Crippen LogP contribution in [-0.4, -0.2) is 25.2 Å². The number of carbonyl (C=O) groups is 1. The van der Waals surface area contributed by atoms with Crippen LogP contribution in [0.2, 0.25) is 0 Å². The highest BCUT2D eigenvalue weighted by Crippen LogP contribution is 2.33. The molecule has 2 heterocycles. The van der Waals surface area contributed by atoms with Crippen LogP contribution in [0.3, 0.4) is 0 Å². The smallest absolute Gasteiger partial charge is 0.224 e. The highest BCUT2D eigenvalue weighted by molar-refractivity contribution is 5.79. The zero-order valence-corrected chi connectivity index (χ0v) is 13.6. The minimum absolute atomic E-state index is 0.0779. The zero-order valence-electron chi connectivity index (χ0n) is 13.6. The molecule has 2 aromatic rings. The molecule has 1 unspecified atom stereocenters. The van der Waals surface area contributed by atoms with Gasteiger partial charge >= 0.3 is 0 Å². The molecule has 1 fully saturated rings. The highest BCUT2D eigenvalue weighted by Gasteiger charge is 2.22. The first kappa shape index (κ1) is 15.2. The van der Waals surface area contributed by atoms with Crippen molar-refractivity contribution in [1.82, 2.24) is 5.32 Å². The number of hydrogen-bond acceptors (Lipinski definition) is 3. The Morgan fingerprint density at radius 2 is 2.00 bits per heavy atom. The first-order chi connectivity index (χ1) is 11.8. The van der Waals surface area contributed by atoms with Gasteiger partial charge in [0.1, 0.15) is 0 Å². The number of fused-ring (bicyclic) bond motifs is 1. The third-order valence-electron chi connectivity index (χ3n) is 4.77. The first-order valence-corrected chi connectivity index (χ1v) is 8.58. The molecule has 2 aliphatic rings. The van der Waals surface area contributed by atoms with Gasteiger partial charge in [0.05, 0.1) is 31.7 Å². The summed E-state index contributed by atoms with van der Waals surface area (Å²) >= 11 is 0. The van der Waals surface area contributed by atoms with Gasteiger partial charge in [0.2, 0.25) is 5.91 Å². The Morgan fingerprint density at radius 3 is 2.75 bits per heavy atom. The molecule has 2 aliphatic heterocycles. The van der Waals surface area contributed by atoms with Gasteiger partial charge in [-0.1, -0.05) is 42.5 Å². The lowest BCUT2D eigenvalue weighted by molar-refractivity contribution is -0.124. The van der Waals surface area contributed by atoms with Crippen molar-refractivity contribution in [2.75, 3.05) is 18.5 Å². The molecular weight excluding hydrogens is 300 g/mol. The summed E-state index contributed by atoms with van der Waals surface area (Å²) in [4.78, 5) is 12.0. The van der Waals surface area contributed by atoms with E-state index in [1.165, 1.54) is 16.8 Å². The van der Waals surface area contributed by atoms with Crippen molar-refractivity contribution in [2.45, 2.75) is 31.3 Å². The second-order valence-corrected chi connectivity index (χ2v) is 6.62. The molecule has 2 aromatic carbocycles. The molecule has 0 bridgehead atoms. The predicted octanol–water partition coefficient (Wildman–Crippen LogP) is 2.84. The molecule has 2 N–H and O–H groups in total. The molecule has 0 radical (unpaired) electrons. The van der Waals surface area contributed by atoms with E-state index >= 15 is 0 Å². The van der Waals surface area contributed by atoms with Crippen LogP contribution in [0.15, 0.2) is 48.5 Å². The fourth-order valence-electron chi connectivity index (χ4n) is 3.38. The van der Waals surface area contributed by atoms with Crippen molar-refractivity contribution in [1.29, 1.82) is 0 Å². The van der Waals surface area contributed by atoms with E-state index in [4.69, 9.17) is 4.74 Å². The number of rotatable bonds is 4. The van der Waals surface area contributed by atoms with Crippen LogP contribution >= 0.6 is 0 Å². The van der Waals surface area contributed by atoms with Gasteiger partial charge in [-0.25, -0.2) is 0 Å². The molecule has 4 heteroatoms. The minimum atomic E-state index is 0.0779. The Morgan fingerprint density at radius 1 is 1.17 bits per heavy atom. The van der Waals surface area contributed by atoms with Crippen molar-refractivity contribution in [3.05, 3.63) is 65.2 Å². The summed E-state index contributed by atoms with van der Waals surface area (Å²) in [6, 6.07) is 17.5. The lowest BCUT2D eigenvalue weighted by Gasteiger charge is -2.28. The topological polar surface area (TPSA) is 50.4 Å². The zero-order chi connectivity index (χ0) is 16.4. The second kappa shape index (κ2) is 6.65. The summed E-state index contributed by atoms with van der Waals surface area (Å²) < 4.78 is 5.08. The normalized spacial score (nSPS) is 19.8. The average Bonchev–Trinajstić information content (AvgIpc) is 2.58. The number of hydrogen-bond donors (Lipinski definition) is 2. The third kappa shape index (κ3) is 3.29. The Bertz CT molecular complexity index is 726. The predicted molar refractivity (Wildman–Crippen MR) is 94.0 cm³/mol. The summed E-state index contributed by atoms with van der Waals surface area (Å²) in [5.74, 6) is 0.0779. The largest absolute Gasteiger partial charge is 0.378 e. The fourth-order valence-corrected chi connectivity index (χ4v) is 3.38. The molecule has 24 heavy (non-hydrogen) atoms. The van der Waals surface area contributed by atoms with Gasteiger partial charge in [-0.2, -0.15) is 0 Å². The van der Waals surface area contributed by atoms with Crippen molar-refractivity contribution in [2.24, 2.45) is 0 Å². The Balaban J connectivity index is 1.42. The molecule has 0 saturated carbocycles. The summed E-state index contributed by atoms with van der Waals surface area (Å²) in [6.45, 7) is 1.28. The Hall–Kier alpha value is -2.33. The van der Waals surface area contributed by atoms with E-state index in [0.717, 1.165) is 18.4 Å². The van der Waals surface area contributed by atoms with E-state index in [1.54, 1.807) is 0 Å². The van der Waals surface area contributed by atoms with E-state index in [-0.39, 0.29) is 11.9 Å². The van der Waals surface area contributed by atoms with Crippen LogP contribution in [0.1, 0.15) is 29.2 Å². The molecule has 0 spiro atoms. The number of benzene rings is 2. The molecule has 1 amide bonds. The molecule has 1 atom stereocenters. The average molecular weight is 322 g/mol. The molecule has 124 valence electrons. The number of nitrogens with one attached hydrogen (secondary N) is 2. The number of carbonyl (C=O) groups excluding carboxylic acids is 1. The number of anilines is 1. The fraction of sp³-hybridized carbons (Fsp3) is 0.350. The van der Waals surface area contributed by atoms with Crippen molar-refractivity contribution in [3.8, 4) is 0 Å². The standard InChI is InChI=1S/C20H22N2O2/c23-20(21-17-12-24-13-17)11-14-6-8-19-16(10-14)7-9-18(22-19)15-4-2-1-3-5-15/h1-6,8,10,17-18,22H,7,9,11-13H2,(H,21,23). The molecule has 0 aromatic heterocycles. The van der Waals surface area contributed by atoms with Gasteiger partial charge in [-0.15, -0.1) is 0 Å². The maximum atomic E-state index is 12.0. The summed E-state index contributed by atoms with van der Waals surface area (Å²) in [6.07, 6.45) is 2.55. The van der Waals surface area contributed by atoms with Gasteiger partial charge in [-0.3, -0.25) is 4.79 Å². The first-order valence-electron chi connectivity index (χ1n) is 8.58. The van der Waals surface area contributed by atoms with Crippen LogP contribution in [0.5, 0.6) is 0 Å². The number of aryl methyl sites for hydroxylation is 1. The highest BCUT2D eigenvalue weighted by atomic mass is 16.5. The lowest BCUT2D eigenvalue weighted by Crippen LogP contribution is -2.49. The number of amides is 1. The SMILES string of the molecule is O=C(Cc1ccc2c(c1)CCC(c1ccccc1)N2)NC1COC1. The molecule has 0 aliphatic carbocycles. The molecular formula is C20H22N2O2. The second-order valence-electron chi connectivity index (χ2n) is 6.62. The van der Waals surface area contributed by atoms with Crippen LogP contribution in [0.4, 0.5) is 5.69 Å². The van der Waals surface area contributed by atoms with Crippen LogP contribution < -0.4 is 10.6 Å². The van der Waals surface area contributed by atoms with E-state index < -0.39 is 0 Å². The van der Waals surface area contributed by atoms with Gasteiger partial charge in [0.25, 0.3) is 0 Å². The van der Waals surface area contributed by atoms with Crippen LogP contribution in [-0.2, 0) is 22.4 Å². The summed E-state index contributed by atoms with van der Waals surface area (Å²) in [7, 11) is 0. The number of ether oxygens (including phenoxy) is 1. The molecule has 4 rings (SSSR count). The van der Waals surface area contributed by atoms with E-state index in [2.05, 4.69) is 53.1 Å². The van der Waals surface area contributed by atoms with Crippen LogP contribution in [0, 0.1) is 0 Å². The van der Waals surface area contributed by atoms with Crippen molar-refractivity contribution in [3.63, 3.8) is 0 Å². The third-order valence-corrected chi connectivity index (χ3v) is 4.77. The van der Waals surface area contributed by atoms with Gasteiger partial charge in [0, 0.05) is 5.69 Å². The Labute approximate surface area is 142 Å².